The number of aromatic nitrogens is 2. The van der Waals surface area contributed by atoms with Gasteiger partial charge < -0.3 is 19.7 Å². The highest BCUT2D eigenvalue weighted by Gasteiger charge is 2.12. The molecular formula is C24H27N3O4. The lowest BCUT2D eigenvalue weighted by atomic mass is 10.1. The molecule has 0 saturated heterocycles. The number of likely N-dealkylation sites (N-methyl/N-ethyl adjacent to an activating group) is 1. The predicted octanol–water partition coefficient (Wildman–Crippen LogP) is 3.61. The normalized spacial score (nSPS) is 10.9. The fourth-order valence-electron chi connectivity index (χ4n) is 3.23. The molecule has 31 heavy (non-hydrogen) atoms. The number of phenols is 1. The number of aromatic amines is 1. The van der Waals surface area contributed by atoms with E-state index in [2.05, 4.69) is 23.8 Å². The molecule has 0 aliphatic rings. The predicted molar refractivity (Wildman–Crippen MR) is 120 cm³/mol. The number of rotatable bonds is 7. The Bertz CT molecular complexity index is 1140. The quantitative estimate of drug-likeness (QED) is 0.608. The molecule has 1 amide bonds. The van der Waals surface area contributed by atoms with E-state index in [4.69, 9.17) is 4.74 Å². The molecule has 1 heterocycles. The van der Waals surface area contributed by atoms with Crippen molar-refractivity contribution in [1.82, 2.24) is 14.9 Å². The zero-order valence-electron chi connectivity index (χ0n) is 18.2. The topological polar surface area (TPSA) is 95.5 Å². The maximum Gasteiger partial charge on any atom is 0.345 e. The van der Waals surface area contributed by atoms with E-state index in [-0.39, 0.29) is 18.3 Å². The Hall–Kier alpha value is -3.61. The number of amides is 1. The Morgan fingerprint density at radius 3 is 2.65 bits per heavy atom. The Labute approximate surface area is 181 Å². The number of carbonyl (C=O) groups excluding carboxylic acids is 1. The van der Waals surface area contributed by atoms with Gasteiger partial charge in [-0.15, -0.1) is 0 Å². The molecule has 0 aliphatic heterocycles. The van der Waals surface area contributed by atoms with Crippen molar-refractivity contribution >= 4 is 5.91 Å². The highest BCUT2D eigenvalue weighted by Crippen LogP contribution is 2.27. The number of phenolic OH excluding ortho intramolecular Hbond substituents is 1. The summed E-state index contributed by atoms with van der Waals surface area (Å²) in [6.45, 7) is 6.50. The molecule has 0 radical (unpaired) electrons. The van der Waals surface area contributed by atoms with Crippen LogP contribution in [0, 0.1) is 12.8 Å². The first-order valence-electron chi connectivity index (χ1n) is 10.1. The van der Waals surface area contributed by atoms with Crippen LogP contribution in [0.5, 0.6) is 11.5 Å². The van der Waals surface area contributed by atoms with E-state index in [1.165, 1.54) is 0 Å². The average molecular weight is 421 g/mol. The van der Waals surface area contributed by atoms with Crippen LogP contribution in [-0.2, 0) is 4.79 Å². The molecule has 0 spiro atoms. The summed E-state index contributed by atoms with van der Waals surface area (Å²) in [5.74, 6) is 0.996. The van der Waals surface area contributed by atoms with Gasteiger partial charge in [-0.1, -0.05) is 26.0 Å². The van der Waals surface area contributed by atoms with Crippen molar-refractivity contribution in [3.05, 3.63) is 64.6 Å². The second-order valence-corrected chi connectivity index (χ2v) is 7.97. The Morgan fingerprint density at radius 1 is 1.16 bits per heavy atom. The van der Waals surface area contributed by atoms with E-state index in [9.17, 15) is 14.7 Å². The molecular weight excluding hydrogens is 394 g/mol. The fraction of sp³-hybridized carbons (Fsp3) is 0.292. The number of H-pyrrole nitrogens is 1. The molecule has 0 bridgehead atoms. The summed E-state index contributed by atoms with van der Waals surface area (Å²) in [5, 5.41) is 9.75. The van der Waals surface area contributed by atoms with Crippen molar-refractivity contribution < 1.29 is 14.6 Å². The van der Waals surface area contributed by atoms with Gasteiger partial charge in [0.2, 0.25) is 0 Å². The number of ether oxygens (including phenoxy) is 1. The molecule has 0 saturated carbocycles. The third-order valence-corrected chi connectivity index (χ3v) is 4.81. The minimum atomic E-state index is -0.477. The number of hydrogen-bond acceptors (Lipinski definition) is 5. The summed E-state index contributed by atoms with van der Waals surface area (Å²) in [7, 11) is 1.76. The molecule has 0 unspecified atom stereocenters. The van der Waals surface area contributed by atoms with Crippen LogP contribution in [0.4, 0.5) is 0 Å². The van der Waals surface area contributed by atoms with Crippen LogP contribution >= 0.6 is 0 Å². The van der Waals surface area contributed by atoms with Crippen molar-refractivity contribution in [2.45, 2.75) is 20.8 Å². The second-order valence-electron chi connectivity index (χ2n) is 7.97. The molecule has 0 atom stereocenters. The molecule has 3 rings (SSSR count). The number of nitrogens with one attached hydrogen (secondary N) is 1. The smallest absolute Gasteiger partial charge is 0.345 e. The van der Waals surface area contributed by atoms with Gasteiger partial charge in [0.15, 0.2) is 6.61 Å². The summed E-state index contributed by atoms with van der Waals surface area (Å²) < 4.78 is 5.67. The average Bonchev–Trinajstić information content (AvgIpc) is 2.73. The van der Waals surface area contributed by atoms with Gasteiger partial charge in [-0.3, -0.25) is 4.79 Å². The van der Waals surface area contributed by atoms with E-state index in [1.807, 2.05) is 6.07 Å². The first-order chi connectivity index (χ1) is 14.7. The molecule has 2 aromatic carbocycles. The Morgan fingerprint density at radius 2 is 1.94 bits per heavy atom. The van der Waals surface area contributed by atoms with Crippen molar-refractivity contribution in [3.8, 4) is 34.0 Å². The van der Waals surface area contributed by atoms with Gasteiger partial charge in [0.1, 0.15) is 11.5 Å². The number of nitrogens with zero attached hydrogens (tertiary/aromatic N) is 2. The lowest BCUT2D eigenvalue weighted by Crippen LogP contribution is -2.34. The summed E-state index contributed by atoms with van der Waals surface area (Å²) in [6.07, 6.45) is 0. The first-order valence-corrected chi connectivity index (χ1v) is 10.1. The highest BCUT2D eigenvalue weighted by molar-refractivity contribution is 5.77. The third-order valence-electron chi connectivity index (χ3n) is 4.81. The number of aryl methyl sites for hydroxylation is 1. The van der Waals surface area contributed by atoms with Gasteiger partial charge >= 0.3 is 5.69 Å². The van der Waals surface area contributed by atoms with E-state index in [1.54, 1.807) is 61.3 Å². The summed E-state index contributed by atoms with van der Waals surface area (Å²) in [5.41, 5.74) is 2.77. The third kappa shape index (κ3) is 5.72. The maximum atomic E-state index is 12.2. The number of benzene rings is 2. The van der Waals surface area contributed by atoms with Crippen LogP contribution in [0.3, 0.4) is 0 Å². The highest BCUT2D eigenvalue weighted by atomic mass is 16.5. The first kappa shape index (κ1) is 22.1. The van der Waals surface area contributed by atoms with Gasteiger partial charge in [0, 0.05) is 19.2 Å². The molecule has 0 aliphatic carbocycles. The Balaban J connectivity index is 1.82. The van der Waals surface area contributed by atoms with Crippen LogP contribution in [0.1, 0.15) is 19.4 Å². The largest absolute Gasteiger partial charge is 0.508 e. The molecule has 0 fully saturated rings. The fourth-order valence-corrected chi connectivity index (χ4v) is 3.23. The number of carbonyl (C=O) groups is 1. The van der Waals surface area contributed by atoms with Gasteiger partial charge in [0.25, 0.3) is 5.91 Å². The zero-order valence-corrected chi connectivity index (χ0v) is 18.2. The molecule has 7 heteroatoms. The van der Waals surface area contributed by atoms with Crippen molar-refractivity contribution in [1.29, 1.82) is 0 Å². The lowest BCUT2D eigenvalue weighted by Gasteiger charge is -2.19. The van der Waals surface area contributed by atoms with Crippen molar-refractivity contribution in [2.24, 2.45) is 5.92 Å². The van der Waals surface area contributed by atoms with E-state index in [0.29, 0.717) is 40.7 Å². The van der Waals surface area contributed by atoms with Crippen LogP contribution in [0.15, 0.2) is 53.3 Å². The second kappa shape index (κ2) is 9.47. The van der Waals surface area contributed by atoms with Crippen LogP contribution < -0.4 is 10.4 Å². The van der Waals surface area contributed by atoms with Gasteiger partial charge in [-0.2, -0.15) is 4.98 Å². The van der Waals surface area contributed by atoms with Crippen molar-refractivity contribution in [2.75, 3.05) is 20.2 Å². The monoisotopic (exact) mass is 421 g/mol. The van der Waals surface area contributed by atoms with Crippen LogP contribution in [0.2, 0.25) is 0 Å². The van der Waals surface area contributed by atoms with Gasteiger partial charge in [-0.05, 0) is 60.4 Å². The minimum Gasteiger partial charge on any atom is -0.508 e. The standard InChI is InChI=1S/C24H27N3O4/c1-15(2)13-27(4)23(29)14-31-19-7-5-6-17(11-19)20-12-21(26-24(30)25-20)18-8-9-22(28)16(3)10-18/h5-12,15,28H,13-14H2,1-4H3,(H,25,26,30). The maximum absolute atomic E-state index is 12.2. The van der Waals surface area contributed by atoms with E-state index < -0.39 is 5.69 Å². The van der Waals surface area contributed by atoms with Crippen LogP contribution in [0.25, 0.3) is 22.5 Å². The summed E-state index contributed by atoms with van der Waals surface area (Å²) in [6, 6.07) is 14.0. The molecule has 3 aromatic rings. The summed E-state index contributed by atoms with van der Waals surface area (Å²) in [4.78, 5) is 32.9. The Kier molecular flexibility index (Phi) is 6.74. The van der Waals surface area contributed by atoms with E-state index in [0.717, 1.165) is 5.56 Å². The van der Waals surface area contributed by atoms with E-state index >= 15 is 0 Å². The van der Waals surface area contributed by atoms with Gasteiger partial charge in [-0.25, -0.2) is 4.79 Å². The molecule has 7 nitrogen and oxygen atoms in total. The molecule has 2 N–H and O–H groups in total. The zero-order chi connectivity index (χ0) is 22.5. The minimum absolute atomic E-state index is 0.0620. The van der Waals surface area contributed by atoms with Gasteiger partial charge in [0.05, 0.1) is 11.4 Å². The molecule has 162 valence electrons. The summed E-state index contributed by atoms with van der Waals surface area (Å²) >= 11 is 0. The van der Waals surface area contributed by atoms with Crippen LogP contribution in [-0.4, -0.2) is 46.1 Å². The number of hydrogen-bond donors (Lipinski definition) is 2. The lowest BCUT2D eigenvalue weighted by molar-refractivity contribution is -0.132. The molecule has 1 aromatic heterocycles. The SMILES string of the molecule is Cc1cc(-c2cc(-c3cccc(OCC(=O)N(C)CC(C)C)c3)nc(=O)[nH]2)ccc1O. The number of aromatic hydroxyl groups is 1. The van der Waals surface area contributed by atoms with Crippen molar-refractivity contribution in [3.63, 3.8) is 0 Å².